The smallest absolute Gasteiger partial charge is 0.326 e. The van der Waals surface area contributed by atoms with E-state index in [0.29, 0.717) is 13.0 Å². The molecule has 0 heterocycles. The van der Waals surface area contributed by atoms with E-state index in [1.54, 1.807) is 0 Å². The highest BCUT2D eigenvalue weighted by atomic mass is 16.4. The average molecular weight is 194 g/mol. The summed E-state index contributed by atoms with van der Waals surface area (Å²) in [5, 5.41) is 11.7. The van der Waals surface area contributed by atoms with E-state index in [2.05, 4.69) is 5.32 Å². The van der Waals surface area contributed by atoms with Gasteiger partial charge in [0, 0.05) is 5.69 Å². The van der Waals surface area contributed by atoms with Gasteiger partial charge in [0.1, 0.15) is 6.04 Å². The van der Waals surface area contributed by atoms with E-state index >= 15 is 0 Å². The molecule has 4 nitrogen and oxygen atoms in total. The van der Waals surface area contributed by atoms with Gasteiger partial charge in [0.25, 0.3) is 0 Å². The quantitative estimate of drug-likeness (QED) is 0.651. The number of hydrogen-bond donors (Lipinski definition) is 3. The summed E-state index contributed by atoms with van der Waals surface area (Å²) in [5.41, 5.74) is 6.12. The lowest BCUT2D eigenvalue weighted by Gasteiger charge is -2.14. The van der Waals surface area contributed by atoms with Gasteiger partial charge in [0.15, 0.2) is 0 Å². The Morgan fingerprint density at radius 2 is 2.07 bits per heavy atom. The Morgan fingerprint density at radius 1 is 1.43 bits per heavy atom. The number of aliphatic carboxylic acids is 1. The average Bonchev–Trinajstić information content (AvgIpc) is 2.18. The Hall–Kier alpha value is -1.55. The van der Waals surface area contributed by atoms with Gasteiger partial charge in [-0.25, -0.2) is 4.79 Å². The molecule has 76 valence electrons. The Labute approximate surface area is 82.7 Å². The van der Waals surface area contributed by atoms with Gasteiger partial charge in [-0.2, -0.15) is 0 Å². The van der Waals surface area contributed by atoms with Crippen LogP contribution in [0.15, 0.2) is 30.3 Å². The second-order valence-electron chi connectivity index (χ2n) is 2.98. The molecule has 0 aromatic heterocycles. The summed E-state index contributed by atoms with van der Waals surface area (Å²) in [5.74, 6) is -0.876. The van der Waals surface area contributed by atoms with Gasteiger partial charge in [-0.15, -0.1) is 0 Å². The van der Waals surface area contributed by atoms with Crippen molar-refractivity contribution in [1.82, 2.24) is 0 Å². The van der Waals surface area contributed by atoms with Crippen molar-refractivity contribution in [2.75, 3.05) is 11.9 Å². The molecule has 0 amide bonds. The van der Waals surface area contributed by atoms with Gasteiger partial charge in [-0.1, -0.05) is 18.2 Å². The number of anilines is 1. The maximum absolute atomic E-state index is 10.8. The molecule has 0 fully saturated rings. The molecule has 0 spiro atoms. The van der Waals surface area contributed by atoms with Gasteiger partial charge < -0.3 is 16.2 Å². The maximum Gasteiger partial charge on any atom is 0.326 e. The van der Waals surface area contributed by atoms with E-state index < -0.39 is 12.0 Å². The minimum Gasteiger partial charge on any atom is -0.480 e. The fraction of sp³-hybridized carbons (Fsp3) is 0.300. The standard InChI is InChI=1S/C10H14N2O2/c11-7-6-9(10(13)14)12-8-4-2-1-3-5-8/h1-5,9,12H,6-7,11H2,(H,13,14). The number of nitrogens with two attached hydrogens (primary N) is 1. The van der Waals surface area contributed by atoms with Crippen molar-refractivity contribution >= 4 is 11.7 Å². The number of carbonyl (C=O) groups is 1. The normalized spacial score (nSPS) is 12.1. The third-order valence-corrected chi connectivity index (χ3v) is 1.87. The van der Waals surface area contributed by atoms with Crippen LogP contribution in [-0.2, 0) is 4.79 Å². The molecule has 0 saturated heterocycles. The zero-order valence-corrected chi connectivity index (χ0v) is 7.81. The fourth-order valence-electron chi connectivity index (χ4n) is 1.16. The molecule has 1 unspecified atom stereocenters. The van der Waals surface area contributed by atoms with Crippen molar-refractivity contribution in [1.29, 1.82) is 0 Å². The number of para-hydroxylation sites is 1. The number of benzene rings is 1. The zero-order valence-electron chi connectivity index (χ0n) is 7.81. The fourth-order valence-corrected chi connectivity index (χ4v) is 1.16. The van der Waals surface area contributed by atoms with Crippen LogP contribution in [0.5, 0.6) is 0 Å². The summed E-state index contributed by atoms with van der Waals surface area (Å²) < 4.78 is 0. The second kappa shape index (κ2) is 5.24. The molecule has 0 aliphatic heterocycles. The number of carboxylic acids is 1. The molecule has 1 aromatic rings. The van der Waals surface area contributed by atoms with Crippen molar-refractivity contribution in [2.24, 2.45) is 5.73 Å². The van der Waals surface area contributed by atoms with Crippen molar-refractivity contribution < 1.29 is 9.90 Å². The maximum atomic E-state index is 10.8. The Balaban J connectivity index is 2.60. The minimum absolute atomic E-state index is 0.358. The molecule has 0 aliphatic rings. The molecule has 4 heteroatoms. The molecule has 0 aliphatic carbocycles. The molecule has 1 atom stereocenters. The molecular weight excluding hydrogens is 180 g/mol. The van der Waals surface area contributed by atoms with Gasteiger partial charge in [0.2, 0.25) is 0 Å². The van der Waals surface area contributed by atoms with E-state index in [0.717, 1.165) is 5.69 Å². The first-order chi connectivity index (χ1) is 6.74. The zero-order chi connectivity index (χ0) is 10.4. The molecule has 0 radical (unpaired) electrons. The lowest BCUT2D eigenvalue weighted by molar-refractivity contribution is -0.138. The van der Waals surface area contributed by atoms with E-state index in [1.807, 2.05) is 30.3 Å². The number of rotatable bonds is 5. The van der Waals surface area contributed by atoms with Crippen molar-refractivity contribution in [3.63, 3.8) is 0 Å². The first kappa shape index (κ1) is 10.5. The number of carboxylic acid groups (broad SMARTS) is 1. The van der Waals surface area contributed by atoms with Crippen LogP contribution in [0.4, 0.5) is 5.69 Å². The van der Waals surface area contributed by atoms with Crippen molar-refractivity contribution in [2.45, 2.75) is 12.5 Å². The van der Waals surface area contributed by atoms with E-state index in [1.165, 1.54) is 0 Å². The Kier molecular flexibility index (Phi) is 3.94. The topological polar surface area (TPSA) is 75.3 Å². The SMILES string of the molecule is NCCC(Nc1ccccc1)C(=O)O. The van der Waals surface area contributed by atoms with Crippen molar-refractivity contribution in [3.05, 3.63) is 30.3 Å². The Bertz CT molecular complexity index is 287. The van der Waals surface area contributed by atoms with E-state index in [-0.39, 0.29) is 0 Å². The van der Waals surface area contributed by atoms with Gasteiger partial charge in [0.05, 0.1) is 0 Å². The van der Waals surface area contributed by atoms with Gasteiger partial charge in [-0.3, -0.25) is 0 Å². The summed E-state index contributed by atoms with van der Waals surface area (Å²) in [7, 11) is 0. The van der Waals surface area contributed by atoms with Crippen LogP contribution in [-0.4, -0.2) is 23.7 Å². The molecule has 4 N–H and O–H groups in total. The molecule has 1 rings (SSSR count). The molecular formula is C10H14N2O2. The highest BCUT2D eigenvalue weighted by Crippen LogP contribution is 2.08. The molecule has 1 aromatic carbocycles. The lowest BCUT2D eigenvalue weighted by atomic mass is 10.2. The first-order valence-corrected chi connectivity index (χ1v) is 4.48. The first-order valence-electron chi connectivity index (χ1n) is 4.48. The van der Waals surface area contributed by atoms with E-state index in [4.69, 9.17) is 10.8 Å². The summed E-state index contributed by atoms with van der Waals surface area (Å²) in [6.45, 7) is 0.358. The second-order valence-corrected chi connectivity index (χ2v) is 2.98. The number of nitrogens with one attached hydrogen (secondary N) is 1. The molecule has 0 bridgehead atoms. The highest BCUT2D eigenvalue weighted by Gasteiger charge is 2.15. The predicted octanol–water partition coefficient (Wildman–Crippen LogP) is 0.901. The van der Waals surface area contributed by atoms with Crippen LogP contribution < -0.4 is 11.1 Å². The van der Waals surface area contributed by atoms with E-state index in [9.17, 15) is 4.79 Å². The van der Waals surface area contributed by atoms with Crippen LogP contribution in [0.1, 0.15) is 6.42 Å². The summed E-state index contributed by atoms with van der Waals surface area (Å²) >= 11 is 0. The van der Waals surface area contributed by atoms with Gasteiger partial charge in [-0.05, 0) is 25.1 Å². The van der Waals surface area contributed by atoms with Crippen LogP contribution in [0.25, 0.3) is 0 Å². The minimum atomic E-state index is -0.876. The third-order valence-electron chi connectivity index (χ3n) is 1.87. The van der Waals surface area contributed by atoms with Crippen LogP contribution in [0.2, 0.25) is 0 Å². The predicted molar refractivity (Wildman–Crippen MR) is 55.2 cm³/mol. The Morgan fingerprint density at radius 3 is 2.57 bits per heavy atom. The largest absolute Gasteiger partial charge is 0.480 e. The van der Waals surface area contributed by atoms with Crippen LogP contribution >= 0.6 is 0 Å². The van der Waals surface area contributed by atoms with Crippen molar-refractivity contribution in [3.8, 4) is 0 Å². The summed E-state index contributed by atoms with van der Waals surface area (Å²) in [4.78, 5) is 10.8. The summed E-state index contributed by atoms with van der Waals surface area (Å²) in [6, 6.07) is 8.62. The molecule has 0 saturated carbocycles. The lowest BCUT2D eigenvalue weighted by Crippen LogP contribution is -2.31. The van der Waals surface area contributed by atoms with Gasteiger partial charge >= 0.3 is 5.97 Å². The molecule has 14 heavy (non-hydrogen) atoms. The van der Waals surface area contributed by atoms with Crippen LogP contribution in [0.3, 0.4) is 0 Å². The number of hydrogen-bond acceptors (Lipinski definition) is 3. The third kappa shape index (κ3) is 3.06. The highest BCUT2D eigenvalue weighted by molar-refractivity contribution is 5.77. The summed E-state index contributed by atoms with van der Waals surface area (Å²) in [6.07, 6.45) is 0.421. The van der Waals surface area contributed by atoms with Crippen LogP contribution in [0, 0.1) is 0 Å². The monoisotopic (exact) mass is 194 g/mol.